The number of benzene rings is 1. The molecule has 1 saturated carbocycles. The molecule has 1 atom stereocenters. The van der Waals surface area contributed by atoms with Gasteiger partial charge >= 0.3 is 0 Å². The second-order valence-electron chi connectivity index (χ2n) is 5.74. The van der Waals surface area contributed by atoms with E-state index in [-0.39, 0.29) is 0 Å². The average Bonchev–Trinajstić information content (AvgIpc) is 2.68. The summed E-state index contributed by atoms with van der Waals surface area (Å²) >= 11 is 3.88. The average molecular weight is 325 g/mol. The number of ether oxygens (including phenoxy) is 1. The van der Waals surface area contributed by atoms with Crippen molar-refractivity contribution in [3.8, 4) is 5.75 Å². The Morgan fingerprint density at radius 1 is 1.11 bits per heavy atom. The highest BCUT2D eigenvalue weighted by molar-refractivity contribution is 9.09. The molecule has 0 N–H and O–H groups in total. The molecule has 106 valence electrons. The molecule has 1 fully saturated rings. The van der Waals surface area contributed by atoms with Gasteiger partial charge in [0.25, 0.3) is 0 Å². The van der Waals surface area contributed by atoms with Crippen LogP contribution < -0.4 is 4.74 Å². The standard InChI is InChI=1S/C17H25BrO/c1-19-17-10-8-15(9-11-17)13-16(18)12-14-6-4-2-3-5-7-14/h8-11,14,16H,2-7,12-13H2,1H3. The molecule has 1 aliphatic rings. The van der Waals surface area contributed by atoms with Crippen LogP contribution in [0.5, 0.6) is 5.75 Å². The largest absolute Gasteiger partial charge is 0.497 e. The summed E-state index contributed by atoms with van der Waals surface area (Å²) in [7, 11) is 1.72. The minimum Gasteiger partial charge on any atom is -0.497 e. The first-order chi connectivity index (χ1) is 9.28. The zero-order valence-corrected chi connectivity index (χ0v) is 13.5. The lowest BCUT2D eigenvalue weighted by atomic mass is 9.93. The summed E-state index contributed by atoms with van der Waals surface area (Å²) in [6.45, 7) is 0. The Bertz CT molecular complexity index is 352. The Morgan fingerprint density at radius 2 is 1.74 bits per heavy atom. The third-order valence-electron chi connectivity index (χ3n) is 4.18. The van der Waals surface area contributed by atoms with E-state index in [1.165, 1.54) is 50.5 Å². The maximum Gasteiger partial charge on any atom is 0.118 e. The molecule has 19 heavy (non-hydrogen) atoms. The number of alkyl halides is 1. The maximum atomic E-state index is 5.20. The van der Waals surface area contributed by atoms with Crippen LogP contribution in [0.4, 0.5) is 0 Å². The Labute approximate surface area is 125 Å². The molecule has 2 heteroatoms. The van der Waals surface area contributed by atoms with E-state index in [1.54, 1.807) is 7.11 Å². The van der Waals surface area contributed by atoms with Crippen molar-refractivity contribution in [3.05, 3.63) is 29.8 Å². The van der Waals surface area contributed by atoms with Gasteiger partial charge in [-0.3, -0.25) is 0 Å². The molecule has 2 rings (SSSR count). The summed E-state index contributed by atoms with van der Waals surface area (Å²) in [6.07, 6.45) is 11.1. The molecule has 1 unspecified atom stereocenters. The lowest BCUT2D eigenvalue weighted by Crippen LogP contribution is -2.10. The Balaban J connectivity index is 1.80. The van der Waals surface area contributed by atoms with Crippen LogP contribution in [0, 0.1) is 5.92 Å². The molecule has 0 heterocycles. The minimum absolute atomic E-state index is 0.615. The molecule has 1 aromatic rings. The van der Waals surface area contributed by atoms with Gasteiger partial charge in [0.1, 0.15) is 5.75 Å². The van der Waals surface area contributed by atoms with Gasteiger partial charge in [-0.05, 0) is 36.5 Å². The third kappa shape index (κ3) is 5.18. The molecule has 0 spiro atoms. The molecule has 0 amide bonds. The van der Waals surface area contributed by atoms with Crippen molar-refractivity contribution in [2.75, 3.05) is 7.11 Å². The van der Waals surface area contributed by atoms with E-state index in [2.05, 4.69) is 40.2 Å². The molecular formula is C17H25BrO. The highest BCUT2D eigenvalue weighted by Gasteiger charge is 2.16. The predicted molar refractivity (Wildman–Crippen MR) is 85.2 cm³/mol. The molecule has 0 saturated heterocycles. The van der Waals surface area contributed by atoms with Crippen molar-refractivity contribution in [1.29, 1.82) is 0 Å². The first-order valence-electron chi connectivity index (χ1n) is 7.55. The first-order valence-corrected chi connectivity index (χ1v) is 8.46. The monoisotopic (exact) mass is 324 g/mol. The quantitative estimate of drug-likeness (QED) is 0.523. The highest BCUT2D eigenvalue weighted by atomic mass is 79.9. The van der Waals surface area contributed by atoms with E-state index in [1.807, 2.05) is 0 Å². The number of hydrogen-bond acceptors (Lipinski definition) is 1. The van der Waals surface area contributed by atoms with Gasteiger partial charge < -0.3 is 4.74 Å². The number of rotatable bonds is 5. The predicted octanol–water partition coefficient (Wildman–Crippen LogP) is 5.36. The molecule has 0 aliphatic heterocycles. The third-order valence-corrected chi connectivity index (χ3v) is 4.88. The van der Waals surface area contributed by atoms with Crippen molar-refractivity contribution in [1.82, 2.24) is 0 Å². The van der Waals surface area contributed by atoms with E-state index in [9.17, 15) is 0 Å². The fourth-order valence-corrected chi connectivity index (χ4v) is 3.96. The highest BCUT2D eigenvalue weighted by Crippen LogP contribution is 2.29. The van der Waals surface area contributed by atoms with Gasteiger partial charge in [0.2, 0.25) is 0 Å². The molecule has 0 radical (unpaired) electrons. The van der Waals surface area contributed by atoms with E-state index < -0.39 is 0 Å². The van der Waals surface area contributed by atoms with Crippen LogP contribution in [-0.4, -0.2) is 11.9 Å². The fraction of sp³-hybridized carbons (Fsp3) is 0.647. The number of halogens is 1. The molecule has 0 aromatic heterocycles. The Hall–Kier alpha value is -0.500. The lowest BCUT2D eigenvalue weighted by Gasteiger charge is -2.18. The summed E-state index contributed by atoms with van der Waals surface area (Å²) < 4.78 is 5.20. The summed E-state index contributed by atoms with van der Waals surface area (Å²) in [5.74, 6) is 1.88. The summed E-state index contributed by atoms with van der Waals surface area (Å²) in [5.41, 5.74) is 1.40. The minimum atomic E-state index is 0.615. The van der Waals surface area contributed by atoms with Crippen molar-refractivity contribution < 1.29 is 4.74 Å². The van der Waals surface area contributed by atoms with Gasteiger partial charge in [-0.25, -0.2) is 0 Å². The normalized spacial score (nSPS) is 18.8. The molecular weight excluding hydrogens is 300 g/mol. The Kier molecular flexibility index (Phi) is 6.22. The topological polar surface area (TPSA) is 9.23 Å². The van der Waals surface area contributed by atoms with Crippen molar-refractivity contribution in [2.24, 2.45) is 5.92 Å². The van der Waals surface area contributed by atoms with Gasteiger partial charge in [-0.15, -0.1) is 0 Å². The van der Waals surface area contributed by atoms with Crippen LogP contribution in [0.25, 0.3) is 0 Å². The Morgan fingerprint density at radius 3 is 2.32 bits per heavy atom. The van der Waals surface area contributed by atoms with Crippen LogP contribution in [-0.2, 0) is 6.42 Å². The van der Waals surface area contributed by atoms with Crippen LogP contribution in [0.1, 0.15) is 50.5 Å². The van der Waals surface area contributed by atoms with Crippen LogP contribution in [0.15, 0.2) is 24.3 Å². The van der Waals surface area contributed by atoms with Gasteiger partial charge in [-0.2, -0.15) is 0 Å². The van der Waals surface area contributed by atoms with Gasteiger partial charge in [0, 0.05) is 4.83 Å². The summed E-state index contributed by atoms with van der Waals surface area (Å²) in [6, 6.07) is 8.47. The second kappa shape index (κ2) is 7.94. The SMILES string of the molecule is COc1ccc(CC(Br)CC2CCCCCC2)cc1. The van der Waals surface area contributed by atoms with Crippen molar-refractivity contribution in [3.63, 3.8) is 0 Å². The maximum absolute atomic E-state index is 5.20. The summed E-state index contributed by atoms with van der Waals surface area (Å²) in [5, 5.41) is 0. The first kappa shape index (κ1) is 14.9. The molecule has 0 bridgehead atoms. The summed E-state index contributed by atoms with van der Waals surface area (Å²) in [4.78, 5) is 0.615. The van der Waals surface area contributed by atoms with Gasteiger partial charge in [0.05, 0.1) is 7.11 Å². The van der Waals surface area contributed by atoms with Gasteiger partial charge in [0.15, 0.2) is 0 Å². The van der Waals surface area contributed by atoms with Crippen LogP contribution >= 0.6 is 15.9 Å². The lowest BCUT2D eigenvalue weighted by molar-refractivity contribution is 0.414. The smallest absolute Gasteiger partial charge is 0.118 e. The zero-order valence-electron chi connectivity index (χ0n) is 11.9. The molecule has 1 nitrogen and oxygen atoms in total. The van der Waals surface area contributed by atoms with E-state index in [4.69, 9.17) is 4.74 Å². The second-order valence-corrected chi connectivity index (χ2v) is 7.04. The number of methoxy groups -OCH3 is 1. The van der Waals surface area contributed by atoms with Crippen molar-refractivity contribution >= 4 is 15.9 Å². The number of hydrogen-bond donors (Lipinski definition) is 0. The molecule has 1 aliphatic carbocycles. The zero-order chi connectivity index (χ0) is 13.5. The van der Waals surface area contributed by atoms with Crippen LogP contribution in [0.3, 0.4) is 0 Å². The van der Waals surface area contributed by atoms with E-state index >= 15 is 0 Å². The molecule has 1 aromatic carbocycles. The van der Waals surface area contributed by atoms with E-state index in [0.29, 0.717) is 4.83 Å². The van der Waals surface area contributed by atoms with E-state index in [0.717, 1.165) is 18.1 Å². The fourth-order valence-electron chi connectivity index (χ4n) is 3.06. The van der Waals surface area contributed by atoms with Crippen LogP contribution in [0.2, 0.25) is 0 Å². The van der Waals surface area contributed by atoms with Gasteiger partial charge in [-0.1, -0.05) is 66.6 Å². The van der Waals surface area contributed by atoms with Crippen molar-refractivity contribution in [2.45, 2.75) is 56.2 Å².